The molecule has 1 rings (SSSR count). The average molecular weight is 801 g/mol. The number of unbranched alkanes of at least 4 members (excludes halogenated alkanes) is 29. The Morgan fingerprint density at radius 3 is 1.21 bits per heavy atom. The molecule has 332 valence electrons. The highest BCUT2D eigenvalue weighted by Gasteiger charge is 2.44. The molecule has 0 aromatic rings. The molecular weight excluding hydrogens is 712 g/mol. The van der Waals surface area contributed by atoms with Crippen LogP contribution in [0.1, 0.15) is 226 Å². The minimum Gasteiger partial charge on any atom is -0.462 e. The molecule has 0 aliphatic carbocycles. The fourth-order valence-electron chi connectivity index (χ4n) is 7.48. The first-order valence-electron chi connectivity index (χ1n) is 23.6. The van der Waals surface area contributed by atoms with Gasteiger partial charge in [0.15, 0.2) is 12.4 Å². The molecule has 0 bridgehead atoms. The summed E-state index contributed by atoms with van der Waals surface area (Å²) in [6.45, 7) is 3.43. The van der Waals surface area contributed by atoms with Crippen molar-refractivity contribution in [3.05, 3.63) is 0 Å². The van der Waals surface area contributed by atoms with E-state index in [1.807, 2.05) is 0 Å². The Morgan fingerprint density at radius 2 is 0.839 bits per heavy atom. The summed E-state index contributed by atoms with van der Waals surface area (Å²) in [5.41, 5.74) is 0. The Hall–Kier alpha value is -1.30. The van der Waals surface area contributed by atoms with E-state index in [1.165, 1.54) is 154 Å². The van der Waals surface area contributed by atoms with Crippen molar-refractivity contribution in [1.29, 1.82) is 0 Å². The standard InChI is InChI=1S/C46H88O10/c1-3-5-7-9-11-13-14-15-16-17-18-19-20-21-22-23-24-25-27-29-31-33-35-42(49)55-39(38-54-46-45(52)44(51)43(50)40(36-47)56-46)37-53-41(48)34-32-30-28-26-12-10-8-6-4-2/h39-40,43-47,50-52H,3-38H2,1-2H3. The molecule has 0 radical (unpaired) electrons. The molecule has 10 nitrogen and oxygen atoms in total. The molecule has 10 heteroatoms. The van der Waals surface area contributed by atoms with Crippen LogP contribution in [0.4, 0.5) is 0 Å². The van der Waals surface area contributed by atoms with E-state index in [0.717, 1.165) is 38.5 Å². The van der Waals surface area contributed by atoms with E-state index >= 15 is 0 Å². The predicted molar refractivity (Wildman–Crippen MR) is 224 cm³/mol. The molecule has 1 fully saturated rings. The number of carbonyl (C=O) groups is 2. The normalized spacial score (nSPS) is 20.3. The van der Waals surface area contributed by atoms with Crippen LogP contribution in [0.3, 0.4) is 0 Å². The molecule has 1 saturated heterocycles. The summed E-state index contributed by atoms with van der Waals surface area (Å²) in [6, 6.07) is 0. The number of ether oxygens (including phenoxy) is 4. The second-order valence-corrected chi connectivity index (χ2v) is 16.6. The lowest BCUT2D eigenvalue weighted by molar-refractivity contribution is -0.305. The van der Waals surface area contributed by atoms with E-state index in [2.05, 4.69) is 13.8 Å². The van der Waals surface area contributed by atoms with Gasteiger partial charge >= 0.3 is 11.9 Å². The molecule has 0 aromatic carbocycles. The van der Waals surface area contributed by atoms with E-state index in [1.54, 1.807) is 0 Å². The Labute approximate surface area is 342 Å². The number of aliphatic hydroxyl groups excluding tert-OH is 4. The Morgan fingerprint density at radius 1 is 0.482 bits per heavy atom. The maximum atomic E-state index is 12.8. The number of hydrogen-bond acceptors (Lipinski definition) is 10. The number of hydrogen-bond donors (Lipinski definition) is 4. The summed E-state index contributed by atoms with van der Waals surface area (Å²) in [7, 11) is 0. The topological polar surface area (TPSA) is 152 Å². The van der Waals surface area contributed by atoms with Crippen molar-refractivity contribution in [2.24, 2.45) is 0 Å². The van der Waals surface area contributed by atoms with Crippen LogP contribution >= 0.6 is 0 Å². The Balaban J connectivity index is 2.21. The number of esters is 2. The van der Waals surface area contributed by atoms with Crippen molar-refractivity contribution in [2.45, 2.75) is 263 Å². The van der Waals surface area contributed by atoms with E-state index in [9.17, 15) is 30.0 Å². The molecule has 56 heavy (non-hydrogen) atoms. The largest absolute Gasteiger partial charge is 0.462 e. The van der Waals surface area contributed by atoms with Gasteiger partial charge in [-0.3, -0.25) is 9.59 Å². The van der Waals surface area contributed by atoms with Crippen molar-refractivity contribution < 1.29 is 49.0 Å². The highest BCUT2D eigenvalue weighted by molar-refractivity contribution is 5.70. The second-order valence-electron chi connectivity index (χ2n) is 16.6. The summed E-state index contributed by atoms with van der Waals surface area (Å²) in [5, 5.41) is 40.0. The fraction of sp³-hybridized carbons (Fsp3) is 0.957. The first-order valence-corrected chi connectivity index (χ1v) is 23.6. The van der Waals surface area contributed by atoms with Gasteiger partial charge in [0, 0.05) is 12.8 Å². The SMILES string of the molecule is CCCCCCCCCCCCCCCCCCCCCCCCC(=O)OC(COC(=O)CCCCCCCCCCC)COC1OC(CO)C(O)C(O)C1O. The van der Waals surface area contributed by atoms with Crippen LogP contribution < -0.4 is 0 Å². The van der Waals surface area contributed by atoms with E-state index in [-0.39, 0.29) is 32.0 Å². The van der Waals surface area contributed by atoms with Crippen LogP contribution in [0.25, 0.3) is 0 Å². The third-order valence-corrected chi connectivity index (χ3v) is 11.2. The third-order valence-electron chi connectivity index (χ3n) is 11.2. The van der Waals surface area contributed by atoms with Crippen LogP contribution in [-0.4, -0.2) is 89.0 Å². The molecule has 1 aliphatic heterocycles. The Kier molecular flexibility index (Phi) is 35.7. The monoisotopic (exact) mass is 801 g/mol. The summed E-state index contributed by atoms with van der Waals surface area (Å²) < 4.78 is 22.1. The Bertz CT molecular complexity index is 886. The number of aliphatic hydroxyl groups is 4. The van der Waals surface area contributed by atoms with Gasteiger partial charge in [-0.15, -0.1) is 0 Å². The van der Waals surface area contributed by atoms with Crippen LogP contribution in [0.2, 0.25) is 0 Å². The molecule has 6 atom stereocenters. The van der Waals surface area contributed by atoms with E-state index < -0.39 is 49.4 Å². The number of carbonyl (C=O) groups excluding carboxylic acids is 2. The van der Waals surface area contributed by atoms with Gasteiger partial charge in [-0.05, 0) is 12.8 Å². The zero-order chi connectivity index (χ0) is 40.9. The fourth-order valence-corrected chi connectivity index (χ4v) is 7.48. The lowest BCUT2D eigenvalue weighted by Crippen LogP contribution is -2.59. The first-order chi connectivity index (χ1) is 27.3. The van der Waals surface area contributed by atoms with Gasteiger partial charge in [-0.2, -0.15) is 0 Å². The highest BCUT2D eigenvalue weighted by atomic mass is 16.7. The van der Waals surface area contributed by atoms with Crippen LogP contribution in [0.5, 0.6) is 0 Å². The van der Waals surface area contributed by atoms with Gasteiger partial charge in [0.25, 0.3) is 0 Å². The molecule has 1 heterocycles. The summed E-state index contributed by atoms with van der Waals surface area (Å²) in [4.78, 5) is 25.2. The van der Waals surface area contributed by atoms with Crippen LogP contribution in [0.15, 0.2) is 0 Å². The summed E-state index contributed by atoms with van der Waals surface area (Å²) in [6.07, 6.45) is 31.3. The molecular formula is C46H88O10. The van der Waals surface area contributed by atoms with Crippen molar-refractivity contribution in [2.75, 3.05) is 19.8 Å². The first kappa shape index (κ1) is 52.7. The molecule has 4 N–H and O–H groups in total. The van der Waals surface area contributed by atoms with Crippen LogP contribution in [0, 0.1) is 0 Å². The van der Waals surface area contributed by atoms with Crippen molar-refractivity contribution >= 4 is 11.9 Å². The van der Waals surface area contributed by atoms with Crippen molar-refractivity contribution in [3.63, 3.8) is 0 Å². The predicted octanol–water partition coefficient (Wildman–Crippen LogP) is 10.2. The molecule has 0 saturated carbocycles. The quantitative estimate of drug-likeness (QED) is 0.0348. The lowest BCUT2D eigenvalue weighted by atomic mass is 9.99. The average Bonchev–Trinajstić information content (AvgIpc) is 3.19. The van der Waals surface area contributed by atoms with Crippen molar-refractivity contribution in [1.82, 2.24) is 0 Å². The molecule has 6 unspecified atom stereocenters. The zero-order valence-corrected chi connectivity index (χ0v) is 36.2. The minimum atomic E-state index is -1.59. The number of rotatable bonds is 40. The van der Waals surface area contributed by atoms with Gasteiger partial charge in [-0.25, -0.2) is 0 Å². The molecule has 0 aromatic heterocycles. The van der Waals surface area contributed by atoms with E-state index in [4.69, 9.17) is 18.9 Å². The summed E-state index contributed by atoms with van der Waals surface area (Å²) >= 11 is 0. The molecule has 1 aliphatic rings. The van der Waals surface area contributed by atoms with Gasteiger partial charge in [0.2, 0.25) is 0 Å². The maximum Gasteiger partial charge on any atom is 0.306 e. The van der Waals surface area contributed by atoms with Gasteiger partial charge < -0.3 is 39.4 Å². The second kappa shape index (κ2) is 37.9. The maximum absolute atomic E-state index is 12.8. The third kappa shape index (κ3) is 29.0. The highest BCUT2D eigenvalue weighted by Crippen LogP contribution is 2.23. The van der Waals surface area contributed by atoms with Crippen molar-refractivity contribution in [3.8, 4) is 0 Å². The minimum absolute atomic E-state index is 0.210. The van der Waals surface area contributed by atoms with Gasteiger partial charge in [-0.1, -0.05) is 200 Å². The molecule has 0 amide bonds. The molecule has 0 spiro atoms. The lowest BCUT2D eigenvalue weighted by Gasteiger charge is -2.39. The van der Waals surface area contributed by atoms with Gasteiger partial charge in [0.05, 0.1) is 13.2 Å². The van der Waals surface area contributed by atoms with Crippen LogP contribution in [-0.2, 0) is 28.5 Å². The van der Waals surface area contributed by atoms with E-state index in [0.29, 0.717) is 6.42 Å². The summed E-state index contributed by atoms with van der Waals surface area (Å²) in [5.74, 6) is -0.794. The smallest absolute Gasteiger partial charge is 0.306 e. The van der Waals surface area contributed by atoms with Gasteiger partial charge in [0.1, 0.15) is 31.0 Å². The zero-order valence-electron chi connectivity index (χ0n) is 36.2.